The number of hydrogen-bond acceptors (Lipinski definition) is 2. The van der Waals surface area contributed by atoms with Crippen LogP contribution in [-0.2, 0) is 34.4 Å². The zero-order chi connectivity index (χ0) is 27.5. The Balaban J connectivity index is 1.85. The maximum absolute atomic E-state index is 13.8. The molecule has 0 saturated heterocycles. The van der Waals surface area contributed by atoms with Crippen molar-refractivity contribution in [3.8, 4) is 0 Å². The number of benzene rings is 3. The largest absolute Gasteiger partial charge is 0.354 e. The van der Waals surface area contributed by atoms with E-state index in [4.69, 9.17) is 11.6 Å². The predicted octanol–water partition coefficient (Wildman–Crippen LogP) is 7.13. The molecule has 0 aliphatic carbocycles. The number of nitrogens with one attached hydrogen (secondary N) is 1. The van der Waals surface area contributed by atoms with Crippen molar-refractivity contribution in [2.24, 2.45) is 0 Å². The van der Waals surface area contributed by atoms with Gasteiger partial charge in [0.25, 0.3) is 0 Å². The van der Waals surface area contributed by atoms with Crippen LogP contribution in [0.1, 0.15) is 69.2 Å². The molecule has 5 heteroatoms. The molecule has 4 nitrogen and oxygen atoms in total. The maximum atomic E-state index is 13.8. The van der Waals surface area contributed by atoms with Crippen molar-refractivity contribution in [1.29, 1.82) is 0 Å². The van der Waals surface area contributed by atoms with Gasteiger partial charge >= 0.3 is 0 Å². The summed E-state index contributed by atoms with van der Waals surface area (Å²) >= 11 is 6.11. The molecule has 3 aromatic carbocycles. The van der Waals surface area contributed by atoms with E-state index in [0.29, 0.717) is 37.4 Å². The highest BCUT2D eigenvalue weighted by atomic mass is 35.5. The van der Waals surface area contributed by atoms with Crippen molar-refractivity contribution >= 4 is 23.4 Å². The summed E-state index contributed by atoms with van der Waals surface area (Å²) in [5.74, 6) is -0.148. The summed E-state index contributed by atoms with van der Waals surface area (Å²) in [5.41, 5.74) is 4.43. The SMILES string of the molecule is CCCCNC(=O)[C@H](Cc1ccccc1)N(Cc1ccc(Cl)cc1)C(=O)CCc1ccc(C(C)(C)C)cc1. The zero-order valence-corrected chi connectivity index (χ0v) is 23.9. The Morgan fingerprint density at radius 2 is 1.50 bits per heavy atom. The van der Waals surface area contributed by atoms with Crippen LogP contribution in [0.15, 0.2) is 78.9 Å². The van der Waals surface area contributed by atoms with E-state index in [9.17, 15) is 9.59 Å². The van der Waals surface area contributed by atoms with Crippen molar-refractivity contribution in [3.63, 3.8) is 0 Å². The summed E-state index contributed by atoms with van der Waals surface area (Å²) in [4.78, 5) is 29.0. The van der Waals surface area contributed by atoms with Gasteiger partial charge in [0.2, 0.25) is 11.8 Å². The van der Waals surface area contributed by atoms with Gasteiger partial charge in [0.15, 0.2) is 0 Å². The lowest BCUT2D eigenvalue weighted by atomic mass is 9.86. The second-order valence-electron chi connectivity index (χ2n) is 10.9. The van der Waals surface area contributed by atoms with E-state index < -0.39 is 6.04 Å². The van der Waals surface area contributed by atoms with E-state index in [-0.39, 0.29) is 17.2 Å². The number of carbonyl (C=O) groups is 2. The molecule has 0 aliphatic rings. The van der Waals surface area contributed by atoms with Crippen molar-refractivity contribution < 1.29 is 9.59 Å². The fraction of sp³-hybridized carbons (Fsp3) is 0.394. The molecule has 0 radical (unpaired) electrons. The average molecular weight is 533 g/mol. The summed E-state index contributed by atoms with van der Waals surface area (Å²) in [5, 5.41) is 3.72. The molecule has 0 fully saturated rings. The van der Waals surface area contributed by atoms with Crippen LogP contribution in [0.4, 0.5) is 0 Å². The summed E-state index contributed by atoms with van der Waals surface area (Å²) in [6, 6.07) is 25.3. The highest BCUT2D eigenvalue weighted by molar-refractivity contribution is 6.30. The summed E-state index contributed by atoms with van der Waals surface area (Å²) in [7, 11) is 0. The third kappa shape index (κ3) is 9.02. The summed E-state index contributed by atoms with van der Waals surface area (Å²) in [6.07, 6.45) is 3.30. The van der Waals surface area contributed by atoms with Gasteiger partial charge in [-0.25, -0.2) is 0 Å². The normalized spacial score (nSPS) is 12.1. The predicted molar refractivity (Wildman–Crippen MR) is 157 cm³/mol. The number of aryl methyl sites for hydroxylation is 1. The molecular formula is C33H41ClN2O2. The molecule has 1 atom stereocenters. The molecular weight excluding hydrogens is 492 g/mol. The van der Waals surface area contributed by atoms with E-state index >= 15 is 0 Å². The Bertz CT molecular complexity index is 1150. The second-order valence-corrected chi connectivity index (χ2v) is 11.4. The first-order chi connectivity index (χ1) is 18.2. The van der Waals surface area contributed by atoms with Gasteiger partial charge in [-0.1, -0.05) is 112 Å². The summed E-state index contributed by atoms with van der Waals surface area (Å²) < 4.78 is 0. The van der Waals surface area contributed by atoms with Crippen LogP contribution in [0.25, 0.3) is 0 Å². The molecule has 3 rings (SSSR count). The highest BCUT2D eigenvalue weighted by Crippen LogP contribution is 2.23. The van der Waals surface area contributed by atoms with E-state index in [2.05, 4.69) is 57.3 Å². The fourth-order valence-electron chi connectivity index (χ4n) is 4.41. The van der Waals surface area contributed by atoms with Crippen molar-refractivity contribution in [1.82, 2.24) is 10.2 Å². The van der Waals surface area contributed by atoms with Gasteiger partial charge in [0, 0.05) is 31.0 Å². The third-order valence-corrected chi connectivity index (χ3v) is 7.07. The van der Waals surface area contributed by atoms with Crippen LogP contribution in [-0.4, -0.2) is 29.3 Å². The van der Waals surface area contributed by atoms with Gasteiger partial charge in [0.1, 0.15) is 6.04 Å². The zero-order valence-electron chi connectivity index (χ0n) is 23.2. The number of rotatable bonds is 12. The average Bonchev–Trinajstić information content (AvgIpc) is 2.90. The lowest BCUT2D eigenvalue weighted by molar-refractivity contribution is -0.141. The first kappa shape index (κ1) is 29.4. The number of halogens is 1. The van der Waals surface area contributed by atoms with Gasteiger partial charge in [-0.15, -0.1) is 0 Å². The molecule has 38 heavy (non-hydrogen) atoms. The minimum absolute atomic E-state index is 0.0357. The lowest BCUT2D eigenvalue weighted by Crippen LogP contribution is -2.50. The quantitative estimate of drug-likeness (QED) is 0.252. The molecule has 0 aliphatic heterocycles. The molecule has 0 unspecified atom stereocenters. The molecule has 2 amide bonds. The van der Waals surface area contributed by atoms with Gasteiger partial charge in [-0.3, -0.25) is 9.59 Å². The van der Waals surface area contributed by atoms with Crippen LogP contribution in [0.5, 0.6) is 0 Å². The Kier molecular flexibility index (Phi) is 11.0. The van der Waals surface area contributed by atoms with Crippen molar-refractivity contribution in [3.05, 3.63) is 106 Å². The van der Waals surface area contributed by atoms with E-state index in [1.54, 1.807) is 4.90 Å². The maximum Gasteiger partial charge on any atom is 0.243 e. The number of unbranched alkanes of at least 4 members (excludes halogenated alkanes) is 1. The van der Waals surface area contributed by atoms with Crippen LogP contribution >= 0.6 is 11.6 Å². The van der Waals surface area contributed by atoms with Gasteiger partial charge in [-0.2, -0.15) is 0 Å². The smallest absolute Gasteiger partial charge is 0.243 e. The standard InChI is InChI=1S/C33H41ClN2O2/c1-5-6-22-35-32(38)30(23-26-10-8-7-9-11-26)36(24-27-14-19-29(34)20-15-27)31(37)21-16-25-12-17-28(18-13-25)33(2,3)4/h7-15,17-20,30H,5-6,16,21-24H2,1-4H3,(H,35,38)/t30-/m0/s1. The third-order valence-electron chi connectivity index (χ3n) is 6.81. The Morgan fingerprint density at radius 1 is 0.868 bits per heavy atom. The number of amides is 2. The van der Waals surface area contributed by atoms with Crippen LogP contribution < -0.4 is 5.32 Å². The molecule has 0 aromatic heterocycles. The summed E-state index contributed by atoms with van der Waals surface area (Å²) in [6.45, 7) is 9.62. The molecule has 202 valence electrons. The second kappa shape index (κ2) is 14.2. The molecule has 0 heterocycles. The minimum atomic E-state index is -0.610. The molecule has 3 aromatic rings. The van der Waals surface area contributed by atoms with Crippen LogP contribution in [0.2, 0.25) is 5.02 Å². The van der Waals surface area contributed by atoms with Gasteiger partial charge < -0.3 is 10.2 Å². The van der Waals surface area contributed by atoms with Gasteiger partial charge in [0.05, 0.1) is 0 Å². The molecule has 0 bridgehead atoms. The number of hydrogen-bond donors (Lipinski definition) is 1. The van der Waals surface area contributed by atoms with E-state index in [0.717, 1.165) is 29.5 Å². The first-order valence-electron chi connectivity index (χ1n) is 13.6. The Labute approximate surface area is 233 Å². The fourth-order valence-corrected chi connectivity index (χ4v) is 4.54. The van der Waals surface area contributed by atoms with Gasteiger partial charge in [-0.05, 0) is 52.6 Å². The minimum Gasteiger partial charge on any atom is -0.354 e. The first-order valence-corrected chi connectivity index (χ1v) is 14.0. The Hall–Kier alpha value is -3.11. The monoisotopic (exact) mass is 532 g/mol. The van der Waals surface area contributed by atoms with Crippen molar-refractivity contribution in [2.75, 3.05) is 6.54 Å². The topological polar surface area (TPSA) is 49.4 Å². The van der Waals surface area contributed by atoms with Crippen LogP contribution in [0.3, 0.4) is 0 Å². The molecule has 0 saturated carbocycles. The van der Waals surface area contributed by atoms with Crippen molar-refractivity contribution in [2.45, 2.75) is 77.8 Å². The highest BCUT2D eigenvalue weighted by Gasteiger charge is 2.30. The molecule has 0 spiro atoms. The van der Waals surface area contributed by atoms with Crippen LogP contribution in [0, 0.1) is 0 Å². The number of nitrogens with zero attached hydrogens (tertiary/aromatic N) is 1. The molecule has 1 N–H and O–H groups in total. The lowest BCUT2D eigenvalue weighted by Gasteiger charge is -2.32. The number of carbonyl (C=O) groups excluding carboxylic acids is 2. The Morgan fingerprint density at radius 3 is 2.11 bits per heavy atom. The van der Waals surface area contributed by atoms with E-state index in [1.165, 1.54) is 5.56 Å². The van der Waals surface area contributed by atoms with E-state index in [1.807, 2.05) is 54.6 Å².